The molecule has 1 saturated heterocycles. The first-order valence-corrected chi connectivity index (χ1v) is 12.7. The van der Waals surface area contributed by atoms with E-state index in [0.29, 0.717) is 25.4 Å². The first kappa shape index (κ1) is 27.1. The number of benzene rings is 2. The lowest BCUT2D eigenvalue weighted by Crippen LogP contribution is -2.46. The SMILES string of the molecule is Cc1ccc(C2(O)CCC(N3C[C@H](NC(=O)CNC(=O)c4cccc(C(F)(F)F)c4)C[C@@H]3C)CC2)cc1. The third-order valence-electron chi connectivity index (χ3n) is 7.69. The standard InChI is InChI=1S/C28H34F3N3O3/c1-18-6-8-21(9-7-18)27(37)12-10-24(11-13-27)34-17-23(14-19(34)2)33-25(35)16-32-26(36)20-4-3-5-22(15-20)28(29,30)31/h3-9,15,19,23-24,37H,10-14,16-17H2,1-2H3,(H,32,36)(H,33,35)/t19-,23+,24?,27?/m0/s1. The van der Waals surface area contributed by atoms with Crippen molar-refractivity contribution in [1.82, 2.24) is 15.5 Å². The number of carbonyl (C=O) groups excluding carboxylic acids is 2. The molecule has 2 fully saturated rings. The lowest BCUT2D eigenvalue weighted by molar-refractivity contribution is -0.137. The first-order valence-electron chi connectivity index (χ1n) is 12.7. The average molecular weight is 518 g/mol. The van der Waals surface area contributed by atoms with Gasteiger partial charge in [-0.1, -0.05) is 35.9 Å². The van der Waals surface area contributed by atoms with Gasteiger partial charge in [0.15, 0.2) is 0 Å². The molecule has 1 saturated carbocycles. The van der Waals surface area contributed by atoms with Crippen LogP contribution in [0.3, 0.4) is 0 Å². The topological polar surface area (TPSA) is 81.7 Å². The summed E-state index contributed by atoms with van der Waals surface area (Å²) < 4.78 is 38.7. The summed E-state index contributed by atoms with van der Waals surface area (Å²) in [6.07, 6.45) is -0.682. The van der Waals surface area contributed by atoms with E-state index in [1.54, 1.807) is 0 Å². The molecule has 0 unspecified atom stereocenters. The highest BCUT2D eigenvalue weighted by molar-refractivity contribution is 5.96. The molecule has 3 N–H and O–H groups in total. The van der Waals surface area contributed by atoms with Crippen LogP contribution in [0.25, 0.3) is 0 Å². The lowest BCUT2D eigenvalue weighted by Gasteiger charge is -2.41. The van der Waals surface area contributed by atoms with Gasteiger partial charge in [-0.25, -0.2) is 0 Å². The molecule has 0 aromatic heterocycles. The van der Waals surface area contributed by atoms with E-state index in [2.05, 4.69) is 22.5 Å². The van der Waals surface area contributed by atoms with Crippen molar-refractivity contribution in [2.45, 2.75) is 75.9 Å². The fraction of sp³-hybridized carbons (Fsp3) is 0.500. The van der Waals surface area contributed by atoms with Crippen molar-refractivity contribution in [2.24, 2.45) is 0 Å². The Bertz CT molecular complexity index is 1110. The summed E-state index contributed by atoms with van der Waals surface area (Å²) in [5, 5.41) is 16.6. The zero-order valence-corrected chi connectivity index (χ0v) is 21.1. The summed E-state index contributed by atoms with van der Waals surface area (Å²) in [7, 11) is 0. The Hall–Kier alpha value is -2.91. The van der Waals surface area contributed by atoms with E-state index >= 15 is 0 Å². The maximum atomic E-state index is 12.9. The number of halogens is 3. The van der Waals surface area contributed by atoms with Crippen molar-refractivity contribution in [2.75, 3.05) is 13.1 Å². The fourth-order valence-corrected chi connectivity index (χ4v) is 5.61. The predicted molar refractivity (Wildman–Crippen MR) is 134 cm³/mol. The molecule has 2 aromatic carbocycles. The molecule has 200 valence electrons. The number of nitrogens with one attached hydrogen (secondary N) is 2. The van der Waals surface area contributed by atoms with Gasteiger partial charge >= 0.3 is 6.18 Å². The highest BCUT2D eigenvalue weighted by Crippen LogP contribution is 2.40. The van der Waals surface area contributed by atoms with Crippen molar-refractivity contribution < 1.29 is 27.9 Å². The summed E-state index contributed by atoms with van der Waals surface area (Å²) >= 11 is 0. The van der Waals surface area contributed by atoms with Crippen LogP contribution >= 0.6 is 0 Å². The molecule has 9 heteroatoms. The maximum absolute atomic E-state index is 12.9. The van der Waals surface area contributed by atoms with E-state index in [1.807, 2.05) is 31.2 Å². The van der Waals surface area contributed by atoms with Crippen molar-refractivity contribution in [3.8, 4) is 0 Å². The number of hydrogen-bond acceptors (Lipinski definition) is 4. The van der Waals surface area contributed by atoms with Gasteiger partial charge in [-0.3, -0.25) is 14.5 Å². The Labute approximate surface area is 215 Å². The Balaban J connectivity index is 1.25. The monoisotopic (exact) mass is 517 g/mol. The van der Waals surface area contributed by atoms with E-state index in [0.717, 1.165) is 42.5 Å². The second kappa shape index (κ2) is 10.8. The van der Waals surface area contributed by atoms with Crippen LogP contribution in [0.1, 0.15) is 66.1 Å². The van der Waals surface area contributed by atoms with Gasteiger partial charge in [0.05, 0.1) is 17.7 Å². The van der Waals surface area contributed by atoms with E-state index in [1.165, 1.54) is 12.1 Å². The summed E-state index contributed by atoms with van der Waals surface area (Å²) in [5.41, 5.74) is 0.257. The summed E-state index contributed by atoms with van der Waals surface area (Å²) in [4.78, 5) is 27.1. The maximum Gasteiger partial charge on any atom is 0.416 e. The number of rotatable bonds is 6. The molecule has 2 aliphatic rings. The Morgan fingerprint density at radius 1 is 1.11 bits per heavy atom. The minimum Gasteiger partial charge on any atom is -0.385 e. The quantitative estimate of drug-likeness (QED) is 0.538. The number of carbonyl (C=O) groups is 2. The van der Waals surface area contributed by atoms with Crippen molar-refractivity contribution in [1.29, 1.82) is 0 Å². The first-order chi connectivity index (χ1) is 17.4. The van der Waals surface area contributed by atoms with Crippen LogP contribution in [0, 0.1) is 6.92 Å². The molecule has 2 atom stereocenters. The Morgan fingerprint density at radius 2 is 1.78 bits per heavy atom. The van der Waals surface area contributed by atoms with Gasteiger partial charge in [0, 0.05) is 30.2 Å². The van der Waals surface area contributed by atoms with Gasteiger partial charge < -0.3 is 15.7 Å². The molecule has 1 aliphatic heterocycles. The van der Waals surface area contributed by atoms with Crippen LogP contribution in [0.2, 0.25) is 0 Å². The van der Waals surface area contributed by atoms with Crippen LogP contribution in [0.5, 0.6) is 0 Å². The molecule has 0 radical (unpaired) electrons. The molecule has 37 heavy (non-hydrogen) atoms. The van der Waals surface area contributed by atoms with Crippen LogP contribution < -0.4 is 10.6 Å². The molecule has 6 nitrogen and oxygen atoms in total. The number of hydrogen-bond donors (Lipinski definition) is 3. The third kappa shape index (κ3) is 6.51. The van der Waals surface area contributed by atoms with Gasteiger partial charge in [0.25, 0.3) is 5.91 Å². The number of nitrogens with zero attached hydrogens (tertiary/aromatic N) is 1. The summed E-state index contributed by atoms with van der Waals surface area (Å²) in [6.45, 7) is 4.52. The number of aryl methyl sites for hydroxylation is 1. The second-order valence-corrected chi connectivity index (χ2v) is 10.4. The number of likely N-dealkylation sites (tertiary alicyclic amines) is 1. The summed E-state index contributed by atoms with van der Waals surface area (Å²) in [6, 6.07) is 12.7. The van der Waals surface area contributed by atoms with Crippen LogP contribution in [0.4, 0.5) is 13.2 Å². The van der Waals surface area contributed by atoms with Crippen LogP contribution in [-0.4, -0.2) is 53.0 Å². The Morgan fingerprint density at radius 3 is 2.43 bits per heavy atom. The highest BCUT2D eigenvalue weighted by Gasteiger charge is 2.40. The molecule has 0 bridgehead atoms. The van der Waals surface area contributed by atoms with Crippen molar-refractivity contribution in [3.63, 3.8) is 0 Å². The number of amides is 2. The van der Waals surface area contributed by atoms with E-state index in [-0.39, 0.29) is 30.1 Å². The van der Waals surface area contributed by atoms with Crippen LogP contribution in [0.15, 0.2) is 48.5 Å². The van der Waals surface area contributed by atoms with Gasteiger partial charge in [-0.15, -0.1) is 0 Å². The smallest absolute Gasteiger partial charge is 0.385 e. The molecule has 0 spiro atoms. The summed E-state index contributed by atoms with van der Waals surface area (Å²) in [5.74, 6) is -1.11. The number of aliphatic hydroxyl groups is 1. The van der Waals surface area contributed by atoms with Gasteiger partial charge in [-0.05, 0) is 69.7 Å². The minimum atomic E-state index is -4.55. The van der Waals surface area contributed by atoms with Gasteiger partial charge in [0.1, 0.15) is 0 Å². The van der Waals surface area contributed by atoms with E-state index in [9.17, 15) is 27.9 Å². The fourth-order valence-electron chi connectivity index (χ4n) is 5.61. The molecule has 1 heterocycles. The van der Waals surface area contributed by atoms with E-state index < -0.39 is 23.2 Å². The Kier molecular flexibility index (Phi) is 7.94. The third-order valence-corrected chi connectivity index (χ3v) is 7.69. The molecular formula is C28H34F3N3O3. The minimum absolute atomic E-state index is 0.0779. The predicted octanol–water partition coefficient (Wildman–Crippen LogP) is 4.15. The normalized spacial score (nSPS) is 26.6. The largest absolute Gasteiger partial charge is 0.416 e. The van der Waals surface area contributed by atoms with Gasteiger partial charge in [0.2, 0.25) is 5.91 Å². The number of alkyl halides is 3. The van der Waals surface area contributed by atoms with E-state index in [4.69, 9.17) is 0 Å². The average Bonchev–Trinajstić information content (AvgIpc) is 3.22. The molecular weight excluding hydrogens is 483 g/mol. The van der Waals surface area contributed by atoms with Gasteiger partial charge in [-0.2, -0.15) is 13.2 Å². The molecule has 4 rings (SSSR count). The zero-order chi connectivity index (χ0) is 26.8. The van der Waals surface area contributed by atoms with Crippen molar-refractivity contribution >= 4 is 11.8 Å². The molecule has 2 aromatic rings. The zero-order valence-electron chi connectivity index (χ0n) is 21.1. The molecule has 2 amide bonds. The van der Waals surface area contributed by atoms with Crippen LogP contribution in [-0.2, 0) is 16.6 Å². The molecule has 1 aliphatic carbocycles. The van der Waals surface area contributed by atoms with Crippen molar-refractivity contribution in [3.05, 3.63) is 70.8 Å². The lowest BCUT2D eigenvalue weighted by atomic mass is 9.77. The second-order valence-electron chi connectivity index (χ2n) is 10.4. The highest BCUT2D eigenvalue weighted by atomic mass is 19.4.